The van der Waals surface area contributed by atoms with Gasteiger partial charge in [-0.15, -0.1) is 0 Å². The average Bonchev–Trinajstić information content (AvgIpc) is 0.722. The first-order chi connectivity index (χ1) is 2.00. The van der Waals surface area contributed by atoms with Gasteiger partial charge in [-0.25, -0.2) is 0 Å². The molecule has 10 heavy (non-hydrogen) atoms. The third-order valence-corrected chi connectivity index (χ3v) is 0. The van der Waals surface area contributed by atoms with Gasteiger partial charge in [-0.1, -0.05) is 0 Å². The van der Waals surface area contributed by atoms with Gasteiger partial charge in [-0.3, -0.25) is 4.70 Å². The monoisotopic (exact) mass is 212 g/mol. The van der Waals surface area contributed by atoms with E-state index in [0.29, 0.717) is 0 Å². The fourth-order valence-corrected chi connectivity index (χ4v) is 0. The summed E-state index contributed by atoms with van der Waals surface area (Å²) < 4.78 is 0. The van der Waals surface area contributed by atoms with E-state index in [0.717, 1.165) is 0 Å². The van der Waals surface area contributed by atoms with Gasteiger partial charge >= 0.3 is 79.3 Å². The first-order valence-corrected chi connectivity index (χ1v) is 2.68. The Morgan fingerprint density at radius 3 is 0.900 bits per heavy atom. The van der Waals surface area contributed by atoms with Crippen LogP contribution < -0.4 is 0 Å². The van der Waals surface area contributed by atoms with E-state index in [-0.39, 0.29) is 97.8 Å². The molecule has 0 saturated heterocycles. The zero-order valence-electron chi connectivity index (χ0n) is 3.20. The Kier molecular flexibility index (Phi) is 68.5. The van der Waals surface area contributed by atoms with Gasteiger partial charge in [-0.2, -0.15) is 0 Å². The van der Waals surface area contributed by atoms with Crippen LogP contribution in [0.5, 0.6) is 0 Å². The van der Waals surface area contributed by atoms with E-state index in [4.69, 9.17) is 19.2 Å². The summed E-state index contributed by atoms with van der Waals surface area (Å²) >= 11 is 0. The zero-order valence-corrected chi connectivity index (χ0v) is 4.20. The van der Waals surface area contributed by atoms with Crippen LogP contribution in [0.4, 0.5) is 4.70 Å². The van der Waals surface area contributed by atoms with Crippen molar-refractivity contribution in [3.8, 4) is 0 Å². The second-order valence-electron chi connectivity index (χ2n) is 0.600. The van der Waals surface area contributed by atoms with Crippen LogP contribution in [0.3, 0.4) is 0 Å². The molecule has 0 rings (SSSR count). The third kappa shape index (κ3) is 137. The Balaban J connectivity index is -0.00000000800. The first-order valence-electron chi connectivity index (χ1n) is 0.894. The Morgan fingerprint density at radius 1 is 0.900 bits per heavy atom. The molecule has 6 N–H and O–H groups in total. The van der Waals surface area contributed by atoms with Crippen molar-refractivity contribution in [3.63, 3.8) is 0 Å². The van der Waals surface area contributed by atoms with Crippen LogP contribution in [0.25, 0.3) is 0 Å². The molecular weight excluding hydrogens is 200 g/mol. The van der Waals surface area contributed by atoms with E-state index in [1.54, 1.807) is 0 Å². The van der Waals surface area contributed by atoms with Crippen LogP contribution in [0.15, 0.2) is 0 Å². The van der Waals surface area contributed by atoms with Crippen molar-refractivity contribution < 1.29 is 29.4 Å². The molecule has 0 aliphatic heterocycles. The SMILES string of the molecule is F.O.O[Si](O)(O)O.[AlH3].[KH].[LiH]. The summed E-state index contributed by atoms with van der Waals surface area (Å²) in [6, 6.07) is 0. The van der Waals surface area contributed by atoms with Gasteiger partial charge < -0.3 is 24.7 Å². The van der Waals surface area contributed by atoms with Crippen molar-refractivity contribution in [2.75, 3.05) is 0 Å². The molecule has 0 radical (unpaired) electrons. The summed E-state index contributed by atoms with van der Waals surface area (Å²) in [5.74, 6) is 0. The summed E-state index contributed by atoms with van der Waals surface area (Å²) in [7, 11) is -4.61. The van der Waals surface area contributed by atoms with Gasteiger partial charge in [0.1, 0.15) is 0 Å². The predicted octanol–water partition coefficient (Wildman–Crippen LogP) is -5.76. The topological polar surface area (TPSA) is 112 Å². The van der Waals surface area contributed by atoms with E-state index in [2.05, 4.69) is 0 Å². The molecule has 0 bridgehead atoms. The molecule has 5 nitrogen and oxygen atoms in total. The van der Waals surface area contributed by atoms with Gasteiger partial charge in [0.05, 0.1) is 0 Å². The molecule has 10 heteroatoms. The summed E-state index contributed by atoms with van der Waals surface area (Å²) in [6.07, 6.45) is 0. The maximum absolute atomic E-state index is 7.33. The first kappa shape index (κ1) is 38.7. The standard InChI is InChI=1S/Al.FH.K.Li.H4O4Si.H2O.5H/c;;;;1-5(2,3)4;;;;;;/h;1H;;;1-4H;1H2;;;;;. The van der Waals surface area contributed by atoms with Crippen LogP contribution in [-0.2, 0) is 0 Å². The van der Waals surface area contributed by atoms with E-state index in [9.17, 15) is 0 Å². The van der Waals surface area contributed by atoms with Gasteiger partial charge in [0.15, 0.2) is 17.4 Å². The molecule has 0 amide bonds. The molecule has 0 aromatic heterocycles. The Hall–Kier alpha value is 2.71. The summed E-state index contributed by atoms with van der Waals surface area (Å²) in [4.78, 5) is 29.3. The quantitative estimate of drug-likeness (QED) is 0.300. The van der Waals surface area contributed by atoms with Crippen LogP contribution in [0.1, 0.15) is 0 Å². The maximum atomic E-state index is 7.33. The van der Waals surface area contributed by atoms with E-state index < -0.39 is 9.05 Å². The fraction of sp³-hybridized carbons (Fsp3) is 0. The molecule has 0 aliphatic rings. The molecule has 0 aromatic rings. The minimum atomic E-state index is -4.61. The third-order valence-electron chi connectivity index (χ3n) is 0. The molecule has 0 aliphatic carbocycles. The second-order valence-corrected chi connectivity index (χ2v) is 1.80. The Labute approximate surface area is 124 Å². The van der Waals surface area contributed by atoms with Crippen molar-refractivity contribution in [1.82, 2.24) is 0 Å². The molecule has 0 heterocycles. The Bertz CT molecular complexity index is 37.1. The predicted molar refractivity (Wildman–Crippen MR) is 45.0 cm³/mol. The van der Waals surface area contributed by atoms with E-state index in [1.807, 2.05) is 0 Å². The van der Waals surface area contributed by atoms with Gasteiger partial charge in [-0.05, 0) is 0 Å². The molecule has 58 valence electrons. The van der Waals surface area contributed by atoms with Crippen LogP contribution >= 0.6 is 0 Å². The molecule has 0 atom stereocenters. The molecule has 0 fully saturated rings. The van der Waals surface area contributed by atoms with Gasteiger partial charge in [0, 0.05) is 0 Å². The molecule has 0 aromatic carbocycles. The van der Waals surface area contributed by atoms with Crippen molar-refractivity contribution in [2.45, 2.75) is 0 Å². The summed E-state index contributed by atoms with van der Waals surface area (Å²) in [5, 5.41) is 0. The zero-order chi connectivity index (χ0) is 4.50. The minimum absolute atomic E-state index is 0. The summed E-state index contributed by atoms with van der Waals surface area (Å²) in [6.45, 7) is 0. The van der Waals surface area contributed by atoms with Crippen molar-refractivity contribution >= 4 is 96.7 Å². The number of hydrogen-bond acceptors (Lipinski definition) is 4. The molecule has 0 unspecified atom stereocenters. The fourth-order valence-electron chi connectivity index (χ4n) is 0. The number of hydrogen-bond donors (Lipinski definition) is 4. The van der Waals surface area contributed by atoms with E-state index in [1.165, 1.54) is 0 Å². The molecule has 0 spiro atoms. The van der Waals surface area contributed by atoms with Crippen LogP contribution in [-0.4, -0.2) is 121 Å². The summed E-state index contributed by atoms with van der Waals surface area (Å²) in [5.41, 5.74) is 0. The normalized spacial score (nSPS) is 6.00. The van der Waals surface area contributed by atoms with Crippen LogP contribution in [0.2, 0.25) is 0 Å². The second kappa shape index (κ2) is 17.7. The molecule has 0 saturated carbocycles. The van der Waals surface area contributed by atoms with Crippen molar-refractivity contribution in [1.29, 1.82) is 0 Å². The van der Waals surface area contributed by atoms with Crippen LogP contribution in [0, 0.1) is 0 Å². The Morgan fingerprint density at radius 2 is 0.900 bits per heavy atom. The van der Waals surface area contributed by atoms with Gasteiger partial charge in [0.25, 0.3) is 0 Å². The molecular formula is H12AlFKLiO5Si. The average molecular weight is 212 g/mol. The van der Waals surface area contributed by atoms with Crippen molar-refractivity contribution in [3.05, 3.63) is 0 Å². The number of rotatable bonds is 0. The van der Waals surface area contributed by atoms with Gasteiger partial charge in [0.2, 0.25) is 0 Å². The van der Waals surface area contributed by atoms with Crippen molar-refractivity contribution in [2.24, 2.45) is 0 Å². The van der Waals surface area contributed by atoms with E-state index >= 15 is 0 Å². The number of halogens is 1.